The van der Waals surface area contributed by atoms with Crippen LogP contribution in [-0.4, -0.2) is 152 Å². The van der Waals surface area contributed by atoms with Gasteiger partial charge in [0.1, 0.15) is 0 Å². The van der Waals surface area contributed by atoms with Gasteiger partial charge in [-0.2, -0.15) is 0 Å². The van der Waals surface area contributed by atoms with Gasteiger partial charge in [0.05, 0.1) is 0 Å². The van der Waals surface area contributed by atoms with Crippen LogP contribution in [0, 0.1) is 0 Å². The van der Waals surface area contributed by atoms with E-state index in [-0.39, 0.29) is 124 Å². The Kier molecular flexibility index (Phi) is 68.9. The van der Waals surface area contributed by atoms with E-state index in [4.69, 9.17) is 19.2 Å². The molecule has 0 aromatic heterocycles. The van der Waals surface area contributed by atoms with Gasteiger partial charge in [0, 0.05) is 0 Å². The number of rotatable bonds is 0. The van der Waals surface area contributed by atoms with Crippen molar-refractivity contribution in [2.24, 2.45) is 0 Å². The molecule has 0 spiro atoms. The van der Waals surface area contributed by atoms with Crippen molar-refractivity contribution in [1.29, 1.82) is 0 Å². The van der Waals surface area contributed by atoms with Crippen LogP contribution in [0.25, 0.3) is 0 Å². The molecule has 0 amide bonds. The zero-order chi connectivity index (χ0) is 4.50. The predicted octanol–water partition coefficient (Wildman–Crippen LogP) is -7.01. The molecule has 0 heterocycles. The molecule has 0 aliphatic carbocycles. The molecule has 0 saturated heterocycles. The van der Waals surface area contributed by atoms with Gasteiger partial charge in [-0.15, -0.1) is 0 Å². The fraction of sp³-hybridized carbons (Fsp3) is 0. The predicted molar refractivity (Wildman–Crippen MR) is 47.5 cm³/mol. The Morgan fingerprint density at radius 3 is 0.600 bits per heavy atom. The van der Waals surface area contributed by atoms with Crippen LogP contribution in [0.15, 0.2) is 0 Å². The minimum absolute atomic E-state index is 0. The van der Waals surface area contributed by atoms with Crippen LogP contribution in [0.2, 0.25) is 0 Å². The molecular formula is H14Ca3O6Si. The van der Waals surface area contributed by atoms with E-state index in [0.717, 1.165) is 0 Å². The fourth-order valence-electron chi connectivity index (χ4n) is 0. The van der Waals surface area contributed by atoms with Gasteiger partial charge in [0.25, 0.3) is 0 Å². The van der Waals surface area contributed by atoms with Gasteiger partial charge < -0.3 is 30.1 Å². The second-order valence-corrected chi connectivity index (χ2v) is 1.80. The third kappa shape index (κ3) is 96.4. The number of hydrogen-bond donors (Lipinski definition) is 4. The Morgan fingerprint density at radius 2 is 0.600 bits per heavy atom. The molecule has 0 aromatic carbocycles. The summed E-state index contributed by atoms with van der Waals surface area (Å²) in [6, 6.07) is 0. The maximum absolute atomic E-state index is 7.33. The van der Waals surface area contributed by atoms with Crippen LogP contribution in [0.4, 0.5) is 0 Å². The summed E-state index contributed by atoms with van der Waals surface area (Å²) in [7, 11) is -4.61. The first-order chi connectivity index (χ1) is 2.00. The molecule has 0 aromatic rings. The molecule has 0 unspecified atom stereocenters. The van der Waals surface area contributed by atoms with Gasteiger partial charge in [0.15, 0.2) is 0 Å². The first-order valence-electron chi connectivity index (χ1n) is 0.894. The molecule has 6 nitrogen and oxygen atoms in total. The SMILES string of the molecule is O.O.O[Si](O)(O)O.[CaH2].[CaH2].[CaH2]. The Hall–Kier alpha value is 3.76. The van der Waals surface area contributed by atoms with Crippen molar-refractivity contribution in [2.45, 2.75) is 0 Å². The van der Waals surface area contributed by atoms with Crippen molar-refractivity contribution in [3.8, 4) is 0 Å². The van der Waals surface area contributed by atoms with Crippen molar-refractivity contribution in [1.82, 2.24) is 0 Å². The maximum atomic E-state index is 7.33. The molecule has 0 fully saturated rings. The average Bonchev–Trinajstić information content (AvgIpc) is 0.722. The summed E-state index contributed by atoms with van der Waals surface area (Å²) >= 11 is 0. The molecule has 0 aliphatic heterocycles. The van der Waals surface area contributed by atoms with Crippen molar-refractivity contribution in [3.63, 3.8) is 0 Å². The van der Waals surface area contributed by atoms with Crippen LogP contribution in [-0.2, 0) is 0 Å². The zero-order valence-corrected chi connectivity index (χ0v) is 4.29. The molecule has 10 heavy (non-hydrogen) atoms. The van der Waals surface area contributed by atoms with E-state index in [9.17, 15) is 0 Å². The molecule has 8 N–H and O–H groups in total. The van der Waals surface area contributed by atoms with Crippen LogP contribution in [0.5, 0.6) is 0 Å². The van der Waals surface area contributed by atoms with E-state index in [1.807, 2.05) is 0 Å². The van der Waals surface area contributed by atoms with Gasteiger partial charge in [-0.3, -0.25) is 0 Å². The standard InChI is InChI=1S/3Ca.H4O4Si.2H2O.6H/c;;;1-5(2,3)4;;;;;;;;/h;;;1-4H;2*1H2;;;;;;. The molecule has 0 aliphatic rings. The normalized spacial score (nSPS) is 6.00. The Morgan fingerprint density at radius 1 is 0.600 bits per heavy atom. The Balaban J connectivity index is -0.00000000800. The number of hydrogen-bond acceptors (Lipinski definition) is 4. The van der Waals surface area contributed by atoms with Crippen LogP contribution in [0.1, 0.15) is 0 Å². The summed E-state index contributed by atoms with van der Waals surface area (Å²) in [4.78, 5) is 29.3. The van der Waals surface area contributed by atoms with E-state index in [2.05, 4.69) is 0 Å². The van der Waals surface area contributed by atoms with Crippen molar-refractivity contribution in [3.05, 3.63) is 0 Å². The minimum atomic E-state index is -4.61. The summed E-state index contributed by atoms with van der Waals surface area (Å²) < 4.78 is 0. The first kappa shape index (κ1) is 37.2. The third-order valence-corrected chi connectivity index (χ3v) is 0. The van der Waals surface area contributed by atoms with E-state index in [1.54, 1.807) is 0 Å². The molecule has 0 rings (SSSR count). The van der Waals surface area contributed by atoms with Crippen molar-refractivity contribution >= 4 is 122 Å². The molecule has 0 saturated carbocycles. The quantitative estimate of drug-likeness (QED) is 0.320. The third-order valence-electron chi connectivity index (χ3n) is 0. The monoisotopic (exact) mass is 258 g/mol. The molecule has 0 radical (unpaired) electrons. The topological polar surface area (TPSA) is 144 Å². The van der Waals surface area contributed by atoms with Crippen molar-refractivity contribution < 1.29 is 30.1 Å². The van der Waals surface area contributed by atoms with Gasteiger partial charge in [-0.1, -0.05) is 0 Å². The van der Waals surface area contributed by atoms with Crippen molar-refractivity contribution in [2.75, 3.05) is 0 Å². The van der Waals surface area contributed by atoms with Gasteiger partial charge in [-0.25, -0.2) is 0 Å². The summed E-state index contributed by atoms with van der Waals surface area (Å²) in [6.07, 6.45) is 0. The van der Waals surface area contributed by atoms with E-state index < -0.39 is 9.05 Å². The zero-order valence-electron chi connectivity index (χ0n) is 3.29. The molecule has 10 heteroatoms. The molecular weight excluding hydrogens is 244 g/mol. The van der Waals surface area contributed by atoms with Crippen LogP contribution >= 0.6 is 0 Å². The first-order valence-corrected chi connectivity index (χ1v) is 2.68. The molecule has 60 valence electrons. The second-order valence-electron chi connectivity index (χ2n) is 0.600. The van der Waals surface area contributed by atoms with Crippen LogP contribution in [0.3, 0.4) is 0 Å². The molecule has 0 bridgehead atoms. The molecule has 0 atom stereocenters. The summed E-state index contributed by atoms with van der Waals surface area (Å²) in [6.45, 7) is 0. The van der Waals surface area contributed by atoms with E-state index >= 15 is 0 Å². The van der Waals surface area contributed by atoms with E-state index in [1.165, 1.54) is 0 Å². The second kappa shape index (κ2) is 18.5. The Labute approximate surface area is 149 Å². The van der Waals surface area contributed by atoms with E-state index in [0.29, 0.717) is 0 Å². The average molecular weight is 258 g/mol. The summed E-state index contributed by atoms with van der Waals surface area (Å²) in [5.74, 6) is 0. The Bertz CT molecular complexity index is 28.5. The van der Waals surface area contributed by atoms with Crippen LogP contribution < -0.4 is 0 Å². The summed E-state index contributed by atoms with van der Waals surface area (Å²) in [5.41, 5.74) is 0. The fourth-order valence-corrected chi connectivity index (χ4v) is 0. The van der Waals surface area contributed by atoms with Gasteiger partial charge >= 0.3 is 122 Å². The van der Waals surface area contributed by atoms with Gasteiger partial charge in [0.2, 0.25) is 0 Å². The van der Waals surface area contributed by atoms with Gasteiger partial charge in [-0.05, 0) is 0 Å². The summed E-state index contributed by atoms with van der Waals surface area (Å²) in [5, 5.41) is 0.